The van der Waals surface area contributed by atoms with Crippen LogP contribution in [0.15, 0.2) is 86.6 Å². The number of rotatable bonds is 5. The van der Waals surface area contributed by atoms with Gasteiger partial charge in [-0.15, -0.1) is 0 Å². The Morgan fingerprint density at radius 2 is 1.89 bits per heavy atom. The number of carbonyl (C=O) groups excluding carboxylic acids is 1. The highest BCUT2D eigenvalue weighted by molar-refractivity contribution is 8.19. The van der Waals surface area contributed by atoms with Gasteiger partial charge in [-0.2, -0.15) is 5.26 Å². The molecule has 2 aliphatic rings. The average Bonchev–Trinajstić information content (AvgIpc) is 3.37. The number of benzene rings is 3. The summed E-state index contributed by atoms with van der Waals surface area (Å²) in [5.74, 6) is -0.0997. The van der Waals surface area contributed by atoms with Crippen LogP contribution in [0.2, 0.25) is 5.02 Å². The first kappa shape index (κ1) is 24.3. The third kappa shape index (κ3) is 4.70. The molecule has 5 rings (SSSR count). The molecule has 1 N–H and O–H groups in total. The van der Waals surface area contributed by atoms with E-state index >= 15 is 0 Å². The van der Waals surface area contributed by atoms with Crippen LogP contribution in [0.5, 0.6) is 0 Å². The van der Waals surface area contributed by atoms with Crippen LogP contribution < -0.4 is 10.2 Å². The summed E-state index contributed by atoms with van der Waals surface area (Å²) in [6.45, 7) is 3.11. The number of amidine groups is 1. The molecule has 0 saturated carbocycles. The molecule has 0 atom stereocenters. The van der Waals surface area contributed by atoms with Crippen molar-refractivity contribution in [2.24, 2.45) is 4.99 Å². The molecular formula is C27H22ClN5OS2. The Hall–Kier alpha value is -3.38. The first-order valence-corrected chi connectivity index (χ1v) is 13.4. The predicted octanol–water partition coefficient (Wildman–Crippen LogP) is 6.82. The van der Waals surface area contributed by atoms with Gasteiger partial charge in [0.2, 0.25) is 0 Å². The Bertz CT molecular complexity index is 1450. The van der Waals surface area contributed by atoms with Crippen LogP contribution in [0.1, 0.15) is 18.1 Å². The maximum atomic E-state index is 13.8. The Morgan fingerprint density at radius 3 is 2.64 bits per heavy atom. The van der Waals surface area contributed by atoms with Gasteiger partial charge in [-0.05, 0) is 60.6 Å². The Morgan fingerprint density at radius 1 is 1.08 bits per heavy atom. The van der Waals surface area contributed by atoms with E-state index < -0.39 is 0 Å². The highest BCUT2D eigenvalue weighted by atomic mass is 35.5. The lowest BCUT2D eigenvalue weighted by Gasteiger charge is -2.17. The number of hydrogen-bond acceptors (Lipinski definition) is 7. The van der Waals surface area contributed by atoms with E-state index in [2.05, 4.69) is 11.4 Å². The number of nitrogens with zero attached hydrogens (tertiary/aromatic N) is 4. The molecule has 0 spiro atoms. The van der Waals surface area contributed by atoms with Crippen LogP contribution >= 0.6 is 35.1 Å². The molecule has 0 aliphatic carbocycles. The van der Waals surface area contributed by atoms with Gasteiger partial charge in [-0.25, -0.2) is 4.99 Å². The molecule has 1 amide bonds. The second kappa shape index (κ2) is 10.3. The highest BCUT2D eigenvalue weighted by Gasteiger charge is 2.39. The van der Waals surface area contributed by atoms with Gasteiger partial charge in [-0.3, -0.25) is 9.69 Å². The Kier molecular flexibility index (Phi) is 6.97. The number of fused-ring (bicyclic) bond motifs is 1. The number of thioether (sulfide) groups is 2. The molecule has 9 heteroatoms. The van der Waals surface area contributed by atoms with Crippen LogP contribution in [0.3, 0.4) is 0 Å². The molecule has 1 saturated heterocycles. The number of aliphatic imine (C=N–C) groups is 1. The van der Waals surface area contributed by atoms with Gasteiger partial charge in [0.1, 0.15) is 4.91 Å². The zero-order valence-corrected chi connectivity index (χ0v) is 22.0. The van der Waals surface area contributed by atoms with Crippen molar-refractivity contribution in [2.75, 3.05) is 23.8 Å². The quantitative estimate of drug-likeness (QED) is 0.364. The maximum Gasteiger partial charge on any atom is 0.269 e. The fraction of sp³-hybridized carbons (Fsp3) is 0.148. The second-order valence-corrected chi connectivity index (χ2v) is 10.6. The van der Waals surface area contributed by atoms with Gasteiger partial charge < -0.3 is 10.2 Å². The van der Waals surface area contributed by atoms with E-state index in [0.717, 1.165) is 26.9 Å². The number of anilines is 2. The number of hydrogen-bond donors (Lipinski definition) is 1. The van der Waals surface area contributed by atoms with E-state index in [0.29, 0.717) is 39.4 Å². The van der Waals surface area contributed by atoms with Crippen LogP contribution in [0, 0.1) is 11.3 Å². The highest BCUT2D eigenvalue weighted by Crippen LogP contribution is 2.51. The summed E-state index contributed by atoms with van der Waals surface area (Å²) in [7, 11) is 1.95. The van der Waals surface area contributed by atoms with Crippen LogP contribution in [-0.4, -0.2) is 29.6 Å². The summed E-state index contributed by atoms with van der Waals surface area (Å²) < 4.78 is 0. The number of amides is 1. The average molecular weight is 532 g/mol. The Labute approximate surface area is 223 Å². The first-order valence-electron chi connectivity index (χ1n) is 11.3. The van der Waals surface area contributed by atoms with Gasteiger partial charge in [0, 0.05) is 23.5 Å². The molecule has 0 unspecified atom stereocenters. The summed E-state index contributed by atoms with van der Waals surface area (Å²) >= 11 is 9.15. The van der Waals surface area contributed by atoms with Crippen molar-refractivity contribution in [3.05, 3.63) is 92.8 Å². The van der Waals surface area contributed by atoms with Crippen molar-refractivity contribution < 1.29 is 4.79 Å². The van der Waals surface area contributed by atoms with Crippen molar-refractivity contribution >= 4 is 63.3 Å². The van der Waals surface area contributed by atoms with E-state index in [4.69, 9.17) is 16.6 Å². The normalized spacial score (nSPS) is 18.1. The molecule has 36 heavy (non-hydrogen) atoms. The van der Waals surface area contributed by atoms with Gasteiger partial charge in [0.25, 0.3) is 5.91 Å². The molecule has 0 aromatic heterocycles. The summed E-state index contributed by atoms with van der Waals surface area (Å²) in [6.07, 6.45) is 0. The van der Waals surface area contributed by atoms with E-state index in [1.807, 2.05) is 73.5 Å². The minimum absolute atomic E-state index is 0.0997. The number of nitriles is 1. The second-order valence-electron chi connectivity index (χ2n) is 8.15. The summed E-state index contributed by atoms with van der Waals surface area (Å²) in [5, 5.41) is 14.8. The number of halogens is 1. The van der Waals surface area contributed by atoms with Crippen molar-refractivity contribution in [1.82, 2.24) is 4.90 Å². The number of carbonyl (C=O) groups is 1. The summed E-state index contributed by atoms with van der Waals surface area (Å²) in [5.41, 5.74) is 3.92. The summed E-state index contributed by atoms with van der Waals surface area (Å²) in [4.78, 5) is 24.1. The van der Waals surface area contributed by atoms with E-state index in [1.165, 1.54) is 11.8 Å². The standard InChI is InChI=1S/C27H22ClN5OS2/c1-3-30-20-11-9-18(15-29)13-21(20)31-27-33(16-17-7-5-4-6-8-17)25(34)24(36-27)26-32(2)22-14-19(28)10-12-23(22)35-26/h4-14,30H,3,16H2,1-2H3/b26-24-,31-27-. The molecule has 0 bridgehead atoms. The van der Waals surface area contributed by atoms with E-state index in [1.54, 1.807) is 28.8 Å². The third-order valence-corrected chi connectivity index (χ3v) is 8.41. The molecule has 3 aromatic carbocycles. The van der Waals surface area contributed by atoms with Crippen LogP contribution in [0.4, 0.5) is 17.1 Å². The van der Waals surface area contributed by atoms with Crippen molar-refractivity contribution in [2.45, 2.75) is 18.4 Å². The topological polar surface area (TPSA) is 71.7 Å². The third-order valence-electron chi connectivity index (χ3n) is 5.75. The SMILES string of the molecule is CCNc1ccc(C#N)cc1/N=C1\S/C(=C2\Sc3ccc(Cl)cc3N2C)C(=O)N1Cc1ccccc1. The lowest BCUT2D eigenvalue weighted by atomic mass is 10.2. The zero-order chi connectivity index (χ0) is 25.2. The van der Waals surface area contributed by atoms with Gasteiger partial charge >= 0.3 is 0 Å². The molecule has 2 heterocycles. The molecule has 0 radical (unpaired) electrons. The minimum Gasteiger partial charge on any atom is -0.384 e. The summed E-state index contributed by atoms with van der Waals surface area (Å²) in [6, 6.07) is 23.1. The zero-order valence-electron chi connectivity index (χ0n) is 19.7. The molecule has 2 aliphatic heterocycles. The molecule has 3 aromatic rings. The Balaban J connectivity index is 1.59. The monoisotopic (exact) mass is 531 g/mol. The van der Waals surface area contributed by atoms with Crippen molar-refractivity contribution in [3.8, 4) is 6.07 Å². The largest absolute Gasteiger partial charge is 0.384 e. The predicted molar refractivity (Wildman–Crippen MR) is 150 cm³/mol. The van der Waals surface area contributed by atoms with Crippen molar-refractivity contribution in [1.29, 1.82) is 5.26 Å². The fourth-order valence-electron chi connectivity index (χ4n) is 3.98. The van der Waals surface area contributed by atoms with Gasteiger partial charge in [0.15, 0.2) is 5.17 Å². The lowest BCUT2D eigenvalue weighted by molar-refractivity contribution is -0.122. The smallest absolute Gasteiger partial charge is 0.269 e. The van der Waals surface area contributed by atoms with Crippen LogP contribution in [0.25, 0.3) is 0 Å². The van der Waals surface area contributed by atoms with Gasteiger partial charge in [0.05, 0.1) is 40.3 Å². The molecule has 6 nitrogen and oxygen atoms in total. The molecular weight excluding hydrogens is 510 g/mol. The molecule has 1 fully saturated rings. The lowest BCUT2D eigenvalue weighted by Crippen LogP contribution is -2.29. The number of nitrogens with one attached hydrogen (secondary N) is 1. The van der Waals surface area contributed by atoms with E-state index in [9.17, 15) is 10.1 Å². The van der Waals surface area contributed by atoms with E-state index in [-0.39, 0.29) is 5.91 Å². The first-order chi connectivity index (χ1) is 17.5. The maximum absolute atomic E-state index is 13.8. The van der Waals surface area contributed by atoms with Gasteiger partial charge in [-0.1, -0.05) is 53.7 Å². The van der Waals surface area contributed by atoms with Crippen molar-refractivity contribution in [3.63, 3.8) is 0 Å². The molecule has 180 valence electrons. The minimum atomic E-state index is -0.0997. The fourth-order valence-corrected chi connectivity index (χ4v) is 6.46. The van der Waals surface area contributed by atoms with Crippen LogP contribution in [-0.2, 0) is 11.3 Å².